The highest BCUT2D eigenvalue weighted by Gasteiger charge is 2.07. The normalized spacial score (nSPS) is 12.8. The van der Waals surface area contributed by atoms with Gasteiger partial charge in [-0.05, 0) is 32.9 Å². The van der Waals surface area contributed by atoms with Crippen LogP contribution in [-0.4, -0.2) is 5.16 Å². The first kappa shape index (κ1) is 12.1. The molecule has 0 radical (unpaired) electrons. The topological polar surface area (TPSA) is 50.8 Å². The molecule has 4 nitrogen and oxygen atoms in total. The largest absolute Gasteiger partial charge is 0.359 e. The van der Waals surface area contributed by atoms with Gasteiger partial charge < -0.3 is 4.52 Å². The van der Waals surface area contributed by atoms with Gasteiger partial charge in [0.2, 0.25) is 0 Å². The second-order valence-corrected chi connectivity index (χ2v) is 3.20. The lowest BCUT2D eigenvalue weighted by Crippen LogP contribution is -1.72. The molecule has 1 rings (SSSR count). The zero-order chi connectivity index (χ0) is 12.0. The molecule has 0 atom stereocenters. The van der Waals surface area contributed by atoms with Crippen LogP contribution in [0.2, 0.25) is 0 Å². The van der Waals surface area contributed by atoms with Crippen LogP contribution >= 0.6 is 0 Å². The monoisotopic (exact) mass is 217 g/mol. The number of allylic oxidation sites excluding steroid dienone is 4. The van der Waals surface area contributed by atoms with Gasteiger partial charge in [0.15, 0.2) is 11.4 Å². The summed E-state index contributed by atoms with van der Waals surface area (Å²) < 4.78 is 4.99. The van der Waals surface area contributed by atoms with Gasteiger partial charge in [-0.15, -0.1) is 5.11 Å². The molecule has 4 heteroatoms. The van der Waals surface area contributed by atoms with E-state index in [2.05, 4.69) is 22.0 Å². The van der Waals surface area contributed by atoms with E-state index in [1.807, 2.05) is 26.0 Å². The molecule has 0 unspecified atom stereocenters. The number of hydrogen-bond donors (Lipinski definition) is 0. The molecule has 16 heavy (non-hydrogen) atoms. The summed E-state index contributed by atoms with van der Waals surface area (Å²) in [6.07, 6.45) is 7.19. The molecule has 0 spiro atoms. The van der Waals surface area contributed by atoms with Gasteiger partial charge in [0.25, 0.3) is 0 Å². The third kappa shape index (κ3) is 3.02. The molecule has 0 aliphatic heterocycles. The van der Waals surface area contributed by atoms with E-state index in [4.69, 9.17) is 4.52 Å². The molecule has 0 fully saturated rings. The standard InChI is InChI=1S/C12H15N3O/c1-5-7-11(8-6-2)13-14-12-9(3)15-16-10(12)4/h5-8H,1H2,2-4H3/b8-6-,11-7+,14-13+. The predicted molar refractivity (Wildman–Crippen MR) is 63.6 cm³/mol. The average molecular weight is 217 g/mol. The second kappa shape index (κ2) is 5.80. The number of aryl methyl sites for hydroxylation is 2. The Morgan fingerprint density at radius 2 is 2.19 bits per heavy atom. The van der Waals surface area contributed by atoms with Gasteiger partial charge in [-0.1, -0.05) is 23.9 Å². The molecular weight excluding hydrogens is 202 g/mol. The van der Waals surface area contributed by atoms with Crippen molar-refractivity contribution in [3.05, 3.63) is 48.0 Å². The minimum absolute atomic E-state index is 0.666. The van der Waals surface area contributed by atoms with E-state index in [1.165, 1.54) is 0 Å². The Morgan fingerprint density at radius 3 is 2.69 bits per heavy atom. The fourth-order valence-corrected chi connectivity index (χ4v) is 1.14. The molecule has 1 aromatic heterocycles. The maximum absolute atomic E-state index is 4.99. The highest BCUT2D eigenvalue weighted by Crippen LogP contribution is 2.23. The summed E-state index contributed by atoms with van der Waals surface area (Å²) >= 11 is 0. The van der Waals surface area contributed by atoms with Crippen LogP contribution < -0.4 is 0 Å². The van der Waals surface area contributed by atoms with Crippen LogP contribution in [0.3, 0.4) is 0 Å². The molecule has 0 aliphatic carbocycles. The SMILES string of the molecule is C=C/C=C(\C=C/C)/N=N/c1c(C)noc1C. The van der Waals surface area contributed by atoms with E-state index in [0.717, 1.165) is 11.4 Å². The van der Waals surface area contributed by atoms with Gasteiger partial charge in [0.05, 0.1) is 5.70 Å². The Hall–Kier alpha value is -1.97. The molecule has 0 saturated carbocycles. The molecular formula is C12H15N3O. The van der Waals surface area contributed by atoms with Crippen molar-refractivity contribution < 1.29 is 4.52 Å². The van der Waals surface area contributed by atoms with Gasteiger partial charge in [-0.3, -0.25) is 0 Å². The number of aromatic nitrogens is 1. The number of rotatable bonds is 4. The minimum Gasteiger partial charge on any atom is -0.359 e. The quantitative estimate of drug-likeness (QED) is 0.565. The van der Waals surface area contributed by atoms with Crippen molar-refractivity contribution in [1.82, 2.24) is 5.16 Å². The van der Waals surface area contributed by atoms with Crippen LogP contribution in [0.15, 0.2) is 51.3 Å². The van der Waals surface area contributed by atoms with Crippen molar-refractivity contribution in [3.8, 4) is 0 Å². The van der Waals surface area contributed by atoms with Crippen molar-refractivity contribution >= 4 is 5.69 Å². The molecule has 0 amide bonds. The van der Waals surface area contributed by atoms with E-state index in [1.54, 1.807) is 19.1 Å². The maximum atomic E-state index is 4.99. The number of azo groups is 1. The maximum Gasteiger partial charge on any atom is 0.161 e. The molecule has 84 valence electrons. The van der Waals surface area contributed by atoms with Crippen molar-refractivity contribution in [2.75, 3.05) is 0 Å². The van der Waals surface area contributed by atoms with Crippen LogP contribution in [0.5, 0.6) is 0 Å². The summed E-state index contributed by atoms with van der Waals surface area (Å²) in [5.74, 6) is 0.666. The fourth-order valence-electron chi connectivity index (χ4n) is 1.14. The van der Waals surface area contributed by atoms with Crippen LogP contribution in [0, 0.1) is 13.8 Å². The zero-order valence-corrected chi connectivity index (χ0v) is 9.77. The van der Waals surface area contributed by atoms with E-state index in [0.29, 0.717) is 11.4 Å². The summed E-state index contributed by atoms with van der Waals surface area (Å²) in [6, 6.07) is 0. The lowest BCUT2D eigenvalue weighted by molar-refractivity contribution is 0.393. The van der Waals surface area contributed by atoms with E-state index in [-0.39, 0.29) is 0 Å². The lowest BCUT2D eigenvalue weighted by Gasteiger charge is -1.91. The van der Waals surface area contributed by atoms with E-state index >= 15 is 0 Å². The summed E-state index contributed by atoms with van der Waals surface area (Å²) in [4.78, 5) is 0. The molecule has 0 N–H and O–H groups in total. The number of hydrogen-bond acceptors (Lipinski definition) is 4. The average Bonchev–Trinajstić information content (AvgIpc) is 2.56. The van der Waals surface area contributed by atoms with Gasteiger partial charge in [-0.25, -0.2) is 0 Å². The highest BCUT2D eigenvalue weighted by atomic mass is 16.5. The van der Waals surface area contributed by atoms with Crippen molar-refractivity contribution in [2.45, 2.75) is 20.8 Å². The number of nitrogens with zero attached hydrogens (tertiary/aromatic N) is 3. The Balaban J connectivity index is 2.95. The van der Waals surface area contributed by atoms with Crippen molar-refractivity contribution in [1.29, 1.82) is 0 Å². The van der Waals surface area contributed by atoms with Crippen molar-refractivity contribution in [3.63, 3.8) is 0 Å². The highest BCUT2D eigenvalue weighted by molar-refractivity contribution is 5.43. The zero-order valence-electron chi connectivity index (χ0n) is 9.77. The first-order chi connectivity index (χ1) is 7.69. The van der Waals surface area contributed by atoms with Gasteiger partial charge in [0.1, 0.15) is 5.69 Å². The first-order valence-electron chi connectivity index (χ1n) is 4.99. The fraction of sp³-hybridized carbons (Fsp3) is 0.250. The Labute approximate surface area is 95.1 Å². The van der Waals surface area contributed by atoms with Gasteiger partial charge >= 0.3 is 0 Å². The van der Waals surface area contributed by atoms with Crippen LogP contribution in [0.4, 0.5) is 5.69 Å². The lowest BCUT2D eigenvalue weighted by atomic mass is 10.3. The molecule has 0 aromatic carbocycles. The summed E-state index contributed by atoms with van der Waals surface area (Å²) in [6.45, 7) is 9.18. The molecule has 0 bridgehead atoms. The van der Waals surface area contributed by atoms with Crippen LogP contribution in [0.25, 0.3) is 0 Å². The molecule has 1 heterocycles. The molecule has 1 aromatic rings. The smallest absolute Gasteiger partial charge is 0.161 e. The molecule has 0 aliphatic rings. The molecule has 0 saturated heterocycles. The third-order valence-corrected chi connectivity index (χ3v) is 1.89. The summed E-state index contributed by atoms with van der Waals surface area (Å²) in [5, 5.41) is 12.0. The van der Waals surface area contributed by atoms with Crippen molar-refractivity contribution in [2.24, 2.45) is 10.2 Å². The summed E-state index contributed by atoms with van der Waals surface area (Å²) in [7, 11) is 0. The third-order valence-electron chi connectivity index (χ3n) is 1.89. The van der Waals surface area contributed by atoms with E-state index in [9.17, 15) is 0 Å². The van der Waals surface area contributed by atoms with Crippen LogP contribution in [-0.2, 0) is 0 Å². The Morgan fingerprint density at radius 1 is 1.44 bits per heavy atom. The van der Waals surface area contributed by atoms with E-state index < -0.39 is 0 Å². The Bertz CT molecular complexity index is 433. The summed E-state index contributed by atoms with van der Waals surface area (Å²) in [5.41, 5.74) is 2.15. The van der Waals surface area contributed by atoms with Crippen LogP contribution in [0.1, 0.15) is 18.4 Å². The van der Waals surface area contributed by atoms with Gasteiger partial charge in [0, 0.05) is 0 Å². The predicted octanol–water partition coefficient (Wildman–Crippen LogP) is 4.02. The minimum atomic E-state index is 0.666. The first-order valence-corrected chi connectivity index (χ1v) is 4.99. The Kier molecular flexibility index (Phi) is 4.39. The second-order valence-electron chi connectivity index (χ2n) is 3.20. The van der Waals surface area contributed by atoms with Gasteiger partial charge in [-0.2, -0.15) is 5.11 Å².